The highest BCUT2D eigenvalue weighted by molar-refractivity contribution is 5.65. The van der Waals surface area contributed by atoms with Gasteiger partial charge >= 0.3 is 0 Å². The third kappa shape index (κ3) is 3.61. The molecule has 0 saturated heterocycles. The van der Waals surface area contributed by atoms with E-state index < -0.39 is 5.82 Å². The van der Waals surface area contributed by atoms with E-state index in [2.05, 4.69) is 9.97 Å². The number of anilines is 1. The Bertz CT molecular complexity index is 1370. The Morgan fingerprint density at radius 3 is 2.68 bits per heavy atom. The molecule has 0 bridgehead atoms. The van der Waals surface area contributed by atoms with E-state index in [0.29, 0.717) is 40.8 Å². The lowest BCUT2D eigenvalue weighted by atomic mass is 10.1. The van der Waals surface area contributed by atoms with Crippen LogP contribution in [0.3, 0.4) is 0 Å². The molecule has 0 unspecified atom stereocenters. The fourth-order valence-corrected chi connectivity index (χ4v) is 3.68. The smallest absolute Gasteiger partial charge is 0.278 e. The molecular formula is C24H19FN4O2. The number of aromatic amines is 1. The zero-order valence-electron chi connectivity index (χ0n) is 16.5. The number of hydrogen-bond donors (Lipinski definition) is 2. The Hall–Kier alpha value is -4.13. The van der Waals surface area contributed by atoms with Crippen LogP contribution < -0.4 is 11.3 Å². The predicted molar refractivity (Wildman–Crippen MR) is 116 cm³/mol. The van der Waals surface area contributed by atoms with Crippen molar-refractivity contribution in [2.24, 2.45) is 0 Å². The highest BCUT2D eigenvalue weighted by atomic mass is 19.1. The maximum absolute atomic E-state index is 14.6. The van der Waals surface area contributed by atoms with Gasteiger partial charge in [-0.15, -0.1) is 0 Å². The number of fused-ring (bicyclic) bond motifs is 1. The van der Waals surface area contributed by atoms with E-state index in [1.807, 2.05) is 30.3 Å². The van der Waals surface area contributed by atoms with Crippen LogP contribution in [0.4, 0.5) is 10.1 Å². The number of furan rings is 1. The average Bonchev–Trinajstić information content (AvgIpc) is 3.40. The Morgan fingerprint density at radius 2 is 1.90 bits per heavy atom. The van der Waals surface area contributed by atoms with Gasteiger partial charge in [-0.1, -0.05) is 30.3 Å². The van der Waals surface area contributed by atoms with Crippen molar-refractivity contribution in [3.8, 4) is 17.1 Å². The topological polar surface area (TPSA) is 89.8 Å². The lowest BCUT2D eigenvalue weighted by molar-refractivity contribution is 0.519. The molecule has 3 heterocycles. The van der Waals surface area contributed by atoms with Gasteiger partial charge in [0.25, 0.3) is 5.56 Å². The number of nitrogens with zero attached hydrogens (tertiary/aromatic N) is 2. The second kappa shape index (κ2) is 7.60. The normalized spacial score (nSPS) is 11.3. The maximum atomic E-state index is 14.6. The number of nitrogens with two attached hydrogens (primary N) is 1. The molecule has 31 heavy (non-hydrogen) atoms. The third-order valence-corrected chi connectivity index (χ3v) is 5.17. The van der Waals surface area contributed by atoms with Crippen molar-refractivity contribution in [3.05, 3.63) is 112 Å². The van der Waals surface area contributed by atoms with Crippen molar-refractivity contribution in [1.82, 2.24) is 14.5 Å². The third-order valence-electron chi connectivity index (χ3n) is 5.17. The van der Waals surface area contributed by atoms with Gasteiger partial charge in [0.2, 0.25) is 0 Å². The molecule has 0 aliphatic carbocycles. The highest BCUT2D eigenvalue weighted by Crippen LogP contribution is 2.27. The second-order valence-corrected chi connectivity index (χ2v) is 7.36. The molecule has 154 valence electrons. The van der Waals surface area contributed by atoms with Gasteiger partial charge in [0.15, 0.2) is 5.82 Å². The maximum Gasteiger partial charge on any atom is 0.278 e. The second-order valence-electron chi connectivity index (χ2n) is 7.36. The van der Waals surface area contributed by atoms with E-state index in [1.165, 1.54) is 16.7 Å². The van der Waals surface area contributed by atoms with Crippen molar-refractivity contribution in [2.75, 3.05) is 5.73 Å². The predicted octanol–water partition coefficient (Wildman–Crippen LogP) is 4.16. The average molecular weight is 414 g/mol. The molecule has 0 fully saturated rings. The Labute approximate surface area is 177 Å². The quantitative estimate of drug-likeness (QED) is 0.423. The zero-order valence-corrected chi connectivity index (χ0v) is 16.5. The zero-order chi connectivity index (χ0) is 21.4. The number of imidazole rings is 1. The number of halogens is 1. The van der Waals surface area contributed by atoms with Gasteiger partial charge in [0.1, 0.15) is 17.3 Å². The summed E-state index contributed by atoms with van der Waals surface area (Å²) < 4.78 is 21.4. The van der Waals surface area contributed by atoms with Crippen LogP contribution >= 0.6 is 0 Å². The monoisotopic (exact) mass is 414 g/mol. The molecule has 2 aliphatic heterocycles. The van der Waals surface area contributed by atoms with Crippen LogP contribution in [-0.2, 0) is 12.8 Å². The molecule has 1 aromatic heterocycles. The summed E-state index contributed by atoms with van der Waals surface area (Å²) in [5.41, 5.74) is 8.88. The number of benzene rings is 2. The number of nitrogens with one attached hydrogen (secondary N) is 1. The Morgan fingerprint density at radius 1 is 1.06 bits per heavy atom. The molecule has 7 heteroatoms. The number of H-pyrrole nitrogens is 1. The van der Waals surface area contributed by atoms with Crippen LogP contribution in [-0.4, -0.2) is 14.5 Å². The first-order valence-corrected chi connectivity index (χ1v) is 9.83. The van der Waals surface area contributed by atoms with E-state index in [0.717, 1.165) is 5.56 Å². The number of hydrogen-bond acceptors (Lipinski definition) is 4. The molecule has 0 saturated carbocycles. The van der Waals surface area contributed by atoms with Gasteiger partial charge in [-0.3, -0.25) is 9.36 Å². The van der Waals surface area contributed by atoms with Crippen molar-refractivity contribution in [2.45, 2.75) is 12.8 Å². The highest BCUT2D eigenvalue weighted by Gasteiger charge is 2.21. The fourth-order valence-electron chi connectivity index (χ4n) is 3.68. The van der Waals surface area contributed by atoms with Gasteiger partial charge < -0.3 is 15.1 Å². The van der Waals surface area contributed by atoms with E-state index in [1.54, 1.807) is 30.7 Å². The SMILES string of the molecule is Nc1ccc(F)c(-c2cn3c(=O)c(Cc4ccco4)nc-3c(Cc3ccccc3)[nH]2)c1. The molecule has 3 aromatic rings. The van der Waals surface area contributed by atoms with Gasteiger partial charge in [-0.05, 0) is 35.9 Å². The molecule has 0 spiro atoms. The molecular weight excluding hydrogens is 395 g/mol. The first-order valence-electron chi connectivity index (χ1n) is 9.83. The minimum atomic E-state index is -0.432. The van der Waals surface area contributed by atoms with Crippen LogP contribution in [0.1, 0.15) is 22.7 Å². The van der Waals surface area contributed by atoms with Crippen LogP contribution in [0, 0.1) is 5.82 Å². The molecule has 3 N–H and O–H groups in total. The van der Waals surface area contributed by atoms with Crippen molar-refractivity contribution < 1.29 is 8.81 Å². The van der Waals surface area contributed by atoms with Gasteiger partial charge in [-0.25, -0.2) is 9.37 Å². The van der Waals surface area contributed by atoms with Crippen molar-refractivity contribution in [3.63, 3.8) is 0 Å². The molecule has 6 nitrogen and oxygen atoms in total. The lowest BCUT2D eigenvalue weighted by Crippen LogP contribution is -2.18. The molecule has 0 atom stereocenters. The fraction of sp³-hybridized carbons (Fsp3) is 0.0833. The number of rotatable bonds is 5. The van der Waals surface area contributed by atoms with E-state index in [-0.39, 0.29) is 17.5 Å². The number of aromatic nitrogens is 3. The van der Waals surface area contributed by atoms with Crippen molar-refractivity contribution in [1.29, 1.82) is 0 Å². The van der Waals surface area contributed by atoms with E-state index in [4.69, 9.17) is 10.2 Å². The van der Waals surface area contributed by atoms with E-state index in [9.17, 15) is 9.18 Å². The standard InChI is InChI=1S/C24H19FN4O2/c25-19-9-8-16(26)12-18(19)22-14-29-23(20(27-22)11-15-5-2-1-3-6-15)28-21(24(29)30)13-17-7-4-10-31-17/h1-10,12,14,27H,11,13,26H2. The van der Waals surface area contributed by atoms with Gasteiger partial charge in [0.05, 0.1) is 24.1 Å². The summed E-state index contributed by atoms with van der Waals surface area (Å²) >= 11 is 0. The van der Waals surface area contributed by atoms with Crippen molar-refractivity contribution >= 4 is 5.69 Å². The molecule has 5 rings (SSSR count). The molecule has 0 radical (unpaired) electrons. The van der Waals surface area contributed by atoms with Gasteiger partial charge in [0, 0.05) is 23.9 Å². The summed E-state index contributed by atoms with van der Waals surface area (Å²) in [6.07, 6.45) is 3.91. The summed E-state index contributed by atoms with van der Waals surface area (Å²) in [6.45, 7) is 0. The molecule has 0 amide bonds. The first kappa shape index (κ1) is 18.9. The minimum absolute atomic E-state index is 0.264. The summed E-state index contributed by atoms with van der Waals surface area (Å²) in [6, 6.07) is 17.7. The number of nitrogen functional groups attached to an aromatic ring is 1. The minimum Gasteiger partial charge on any atom is -0.469 e. The summed E-state index contributed by atoms with van der Waals surface area (Å²) in [7, 11) is 0. The summed E-state index contributed by atoms with van der Waals surface area (Å²) in [5, 5.41) is 0. The summed E-state index contributed by atoms with van der Waals surface area (Å²) in [4.78, 5) is 21.0. The lowest BCUT2D eigenvalue weighted by Gasteiger charge is -2.14. The van der Waals surface area contributed by atoms with Crippen LogP contribution in [0.25, 0.3) is 17.1 Å². The van der Waals surface area contributed by atoms with Crippen LogP contribution in [0.5, 0.6) is 0 Å². The van der Waals surface area contributed by atoms with Crippen LogP contribution in [0.15, 0.2) is 82.3 Å². The Balaban J connectivity index is 1.69. The summed E-state index contributed by atoms with van der Waals surface area (Å²) in [5.74, 6) is 0.721. The largest absolute Gasteiger partial charge is 0.469 e. The molecule has 2 aromatic carbocycles. The molecule has 2 aliphatic rings. The van der Waals surface area contributed by atoms with E-state index >= 15 is 0 Å². The first-order chi connectivity index (χ1) is 15.1. The van der Waals surface area contributed by atoms with Crippen LogP contribution in [0.2, 0.25) is 0 Å². The Kier molecular flexibility index (Phi) is 4.63. The van der Waals surface area contributed by atoms with Gasteiger partial charge in [-0.2, -0.15) is 0 Å².